The molecule has 0 fully saturated rings. The van der Waals surface area contributed by atoms with Gasteiger partial charge in [-0.05, 0) is 23.3 Å². The summed E-state index contributed by atoms with van der Waals surface area (Å²) >= 11 is 0. The summed E-state index contributed by atoms with van der Waals surface area (Å²) in [6.45, 7) is 0. The smallest absolute Gasteiger partial charge is 0.346 e. The van der Waals surface area contributed by atoms with Crippen molar-refractivity contribution in [2.24, 2.45) is 0 Å². The molecule has 0 radical (unpaired) electrons. The van der Waals surface area contributed by atoms with Crippen LogP contribution in [0.15, 0.2) is 72.2 Å². The second kappa shape index (κ2) is 9.35. The summed E-state index contributed by atoms with van der Waals surface area (Å²) in [7, 11) is 0. The maximum absolute atomic E-state index is 11.6. The lowest BCUT2D eigenvalue weighted by molar-refractivity contribution is -0.185. The number of aliphatic hydroxyl groups is 6. The van der Waals surface area contributed by atoms with E-state index in [0.717, 1.165) is 12.2 Å². The van der Waals surface area contributed by atoms with Gasteiger partial charge in [-0.15, -0.1) is 0 Å². The van der Waals surface area contributed by atoms with Crippen molar-refractivity contribution in [1.29, 1.82) is 0 Å². The van der Waals surface area contributed by atoms with E-state index in [2.05, 4.69) is 0 Å². The van der Waals surface area contributed by atoms with Gasteiger partial charge < -0.3 is 35.7 Å². The molecule has 2 rings (SSSR count). The highest BCUT2D eigenvalue weighted by atomic mass is 16.4. The molecule has 0 bridgehead atoms. The summed E-state index contributed by atoms with van der Waals surface area (Å²) in [4.78, 5) is 11.6. The van der Waals surface area contributed by atoms with Crippen LogP contribution in [0.25, 0.3) is 12.2 Å². The monoisotopic (exact) mass is 402 g/mol. The van der Waals surface area contributed by atoms with Gasteiger partial charge >= 0.3 is 5.97 Å². The van der Waals surface area contributed by atoms with Crippen LogP contribution in [0.2, 0.25) is 0 Å². The van der Waals surface area contributed by atoms with E-state index in [-0.39, 0.29) is 0 Å². The standard InChI is InChI=1S/C21H22O8/c22-15(11-13-7-3-1-4-8-13)17(24)18(25)19(26)21(29,20(27)28)16(23)12-14-9-5-2-6-10-14/h1-12,17-19,22-26,29H,(H,27,28)/t17-,18-,19+,21+/m1/s1. The summed E-state index contributed by atoms with van der Waals surface area (Å²) in [6, 6.07) is 16.1. The summed E-state index contributed by atoms with van der Waals surface area (Å²) in [5.74, 6) is -4.00. The Kier molecular flexibility index (Phi) is 7.13. The van der Waals surface area contributed by atoms with E-state index in [1.807, 2.05) is 0 Å². The number of aliphatic hydroxyl groups excluding tert-OH is 5. The minimum Gasteiger partial charge on any atom is -0.509 e. The van der Waals surface area contributed by atoms with Crippen molar-refractivity contribution in [2.45, 2.75) is 23.9 Å². The van der Waals surface area contributed by atoms with Gasteiger partial charge in [0, 0.05) is 0 Å². The van der Waals surface area contributed by atoms with Crippen molar-refractivity contribution in [3.63, 3.8) is 0 Å². The number of carboxylic acids is 1. The van der Waals surface area contributed by atoms with E-state index in [0.29, 0.717) is 11.1 Å². The molecule has 0 spiro atoms. The molecule has 0 aliphatic carbocycles. The van der Waals surface area contributed by atoms with Gasteiger partial charge in [0.25, 0.3) is 0 Å². The minimum atomic E-state index is -3.34. The van der Waals surface area contributed by atoms with Crippen molar-refractivity contribution < 1.29 is 40.5 Å². The Morgan fingerprint density at radius 3 is 1.69 bits per heavy atom. The molecule has 0 aliphatic heterocycles. The summed E-state index contributed by atoms with van der Waals surface area (Å²) in [5.41, 5.74) is -2.56. The number of hydrogen-bond donors (Lipinski definition) is 7. The van der Waals surface area contributed by atoms with E-state index in [4.69, 9.17) is 0 Å². The zero-order chi connectivity index (χ0) is 21.6. The zero-order valence-electron chi connectivity index (χ0n) is 15.2. The predicted molar refractivity (Wildman–Crippen MR) is 105 cm³/mol. The van der Waals surface area contributed by atoms with Crippen molar-refractivity contribution in [1.82, 2.24) is 0 Å². The van der Waals surface area contributed by atoms with Gasteiger partial charge in [0.05, 0.1) is 0 Å². The molecule has 0 aliphatic rings. The number of aliphatic carboxylic acids is 1. The Labute approximate surface area is 166 Å². The largest absolute Gasteiger partial charge is 0.509 e. The van der Waals surface area contributed by atoms with E-state index >= 15 is 0 Å². The summed E-state index contributed by atoms with van der Waals surface area (Å²) in [6.07, 6.45) is -5.07. The van der Waals surface area contributed by atoms with Crippen molar-refractivity contribution >= 4 is 18.1 Å². The third-order valence-electron chi connectivity index (χ3n) is 4.31. The van der Waals surface area contributed by atoms with Crippen molar-refractivity contribution in [3.8, 4) is 0 Å². The van der Waals surface area contributed by atoms with Gasteiger partial charge in [-0.25, -0.2) is 4.79 Å². The van der Waals surface area contributed by atoms with Gasteiger partial charge in [0.15, 0.2) is 0 Å². The molecule has 8 heteroatoms. The quantitative estimate of drug-likeness (QED) is 0.323. The first-order chi connectivity index (χ1) is 13.7. The summed E-state index contributed by atoms with van der Waals surface area (Å²) in [5, 5.41) is 70.5. The molecule has 8 nitrogen and oxygen atoms in total. The average Bonchev–Trinajstić information content (AvgIpc) is 2.72. The highest BCUT2D eigenvalue weighted by molar-refractivity contribution is 5.83. The second-order valence-electron chi connectivity index (χ2n) is 6.37. The summed E-state index contributed by atoms with van der Waals surface area (Å²) < 4.78 is 0. The minimum absolute atomic E-state index is 0.318. The molecular weight excluding hydrogens is 380 g/mol. The molecule has 0 saturated heterocycles. The third-order valence-corrected chi connectivity index (χ3v) is 4.31. The van der Waals surface area contributed by atoms with Gasteiger partial charge in [-0.1, -0.05) is 60.7 Å². The number of carboxylic acid groups (broad SMARTS) is 1. The molecule has 7 N–H and O–H groups in total. The zero-order valence-corrected chi connectivity index (χ0v) is 15.2. The fourth-order valence-corrected chi connectivity index (χ4v) is 2.60. The van der Waals surface area contributed by atoms with Crippen LogP contribution in [0.3, 0.4) is 0 Å². The van der Waals surface area contributed by atoms with E-state index in [1.54, 1.807) is 48.5 Å². The molecule has 0 heterocycles. The fraction of sp³-hybridized carbons (Fsp3) is 0.190. The molecule has 2 aromatic rings. The Bertz CT molecular complexity index is 878. The Hall–Kier alpha value is -3.17. The molecule has 154 valence electrons. The van der Waals surface area contributed by atoms with Gasteiger partial charge in [-0.2, -0.15) is 0 Å². The lowest BCUT2D eigenvalue weighted by atomic mass is 9.87. The average molecular weight is 402 g/mol. The topological polar surface area (TPSA) is 159 Å². The molecule has 0 saturated carbocycles. The molecular formula is C21H22O8. The Morgan fingerprint density at radius 2 is 1.24 bits per heavy atom. The van der Waals surface area contributed by atoms with Gasteiger partial charge in [-0.3, -0.25) is 0 Å². The van der Waals surface area contributed by atoms with Gasteiger partial charge in [0.1, 0.15) is 29.8 Å². The number of rotatable bonds is 8. The molecule has 0 aromatic heterocycles. The second-order valence-corrected chi connectivity index (χ2v) is 6.37. The first kappa shape index (κ1) is 22.1. The number of hydrogen-bond acceptors (Lipinski definition) is 7. The van der Waals surface area contributed by atoms with Crippen LogP contribution < -0.4 is 0 Å². The van der Waals surface area contributed by atoms with Crippen LogP contribution in [-0.4, -0.2) is 65.6 Å². The third kappa shape index (κ3) is 5.01. The van der Waals surface area contributed by atoms with E-state index < -0.39 is 41.4 Å². The number of benzene rings is 2. The Morgan fingerprint density at radius 1 is 0.793 bits per heavy atom. The first-order valence-corrected chi connectivity index (χ1v) is 8.59. The Balaban J connectivity index is 2.31. The van der Waals surface area contributed by atoms with Crippen LogP contribution in [0.5, 0.6) is 0 Å². The van der Waals surface area contributed by atoms with E-state index in [9.17, 15) is 40.5 Å². The highest BCUT2D eigenvalue weighted by Gasteiger charge is 2.52. The van der Waals surface area contributed by atoms with Crippen molar-refractivity contribution in [3.05, 3.63) is 83.3 Å². The molecule has 4 atom stereocenters. The fourth-order valence-electron chi connectivity index (χ4n) is 2.60. The van der Waals surface area contributed by atoms with Crippen molar-refractivity contribution in [2.75, 3.05) is 0 Å². The van der Waals surface area contributed by atoms with Crippen LogP contribution in [0.4, 0.5) is 0 Å². The van der Waals surface area contributed by atoms with Gasteiger partial charge in [0.2, 0.25) is 5.60 Å². The molecule has 0 amide bonds. The molecule has 2 aromatic carbocycles. The number of carbonyl (C=O) groups is 1. The normalized spacial score (nSPS) is 17.8. The maximum atomic E-state index is 11.6. The first-order valence-electron chi connectivity index (χ1n) is 8.59. The highest BCUT2D eigenvalue weighted by Crippen LogP contribution is 2.27. The van der Waals surface area contributed by atoms with Crippen LogP contribution in [0, 0.1) is 0 Å². The lowest BCUT2D eigenvalue weighted by Gasteiger charge is -2.33. The molecule has 29 heavy (non-hydrogen) atoms. The van der Waals surface area contributed by atoms with Crippen LogP contribution >= 0.6 is 0 Å². The SMILES string of the molecule is O=C(O)[C@](O)(C(O)=Cc1ccccc1)[C@@H](O)[C@H](O)[C@H](O)C(O)=Cc1ccccc1. The van der Waals surface area contributed by atoms with E-state index in [1.165, 1.54) is 12.1 Å². The lowest BCUT2D eigenvalue weighted by Crippen LogP contribution is -2.58. The predicted octanol–water partition coefficient (Wildman–Crippen LogP) is 1.08. The van der Waals surface area contributed by atoms with Crippen LogP contribution in [-0.2, 0) is 4.79 Å². The van der Waals surface area contributed by atoms with Crippen LogP contribution in [0.1, 0.15) is 11.1 Å². The molecule has 0 unspecified atom stereocenters. The maximum Gasteiger partial charge on any atom is 0.346 e.